The molecule has 0 heterocycles. The average Bonchev–Trinajstić information content (AvgIpc) is 2.27. The van der Waals surface area contributed by atoms with Crippen molar-refractivity contribution in [3.63, 3.8) is 0 Å². The Morgan fingerprint density at radius 1 is 1.11 bits per heavy atom. The molecule has 2 heteroatoms. The molecule has 108 valence electrons. The summed E-state index contributed by atoms with van der Waals surface area (Å²) in [5.74, 6) is -0.543. The first-order chi connectivity index (χ1) is 8.67. The van der Waals surface area contributed by atoms with Crippen molar-refractivity contribution in [1.29, 1.82) is 0 Å². The van der Waals surface area contributed by atoms with Crippen LogP contribution in [-0.4, -0.2) is 5.92 Å². The van der Waals surface area contributed by atoms with E-state index in [0.29, 0.717) is 23.7 Å². The highest BCUT2D eigenvalue weighted by atomic mass is 19.3. The first-order valence-corrected chi connectivity index (χ1v) is 7.48. The van der Waals surface area contributed by atoms with Crippen LogP contribution in [0.5, 0.6) is 0 Å². The highest BCUT2D eigenvalue weighted by Crippen LogP contribution is 2.56. The zero-order valence-electron chi connectivity index (χ0n) is 12.7. The Morgan fingerprint density at radius 2 is 1.74 bits per heavy atom. The molecule has 1 saturated carbocycles. The molecule has 19 heavy (non-hydrogen) atoms. The molecule has 3 atom stereocenters. The van der Waals surface area contributed by atoms with Crippen LogP contribution in [0.4, 0.5) is 8.78 Å². The van der Waals surface area contributed by atoms with Gasteiger partial charge in [-0.15, -0.1) is 0 Å². The fourth-order valence-electron chi connectivity index (χ4n) is 4.38. The van der Waals surface area contributed by atoms with Crippen LogP contribution in [0.15, 0.2) is 23.8 Å². The van der Waals surface area contributed by atoms with Gasteiger partial charge in [0.05, 0.1) is 0 Å². The monoisotopic (exact) mass is 268 g/mol. The Morgan fingerprint density at radius 3 is 2.26 bits per heavy atom. The number of fused-ring (bicyclic) bond motifs is 1. The maximum Gasteiger partial charge on any atom is 0.285 e. The molecule has 0 aromatic carbocycles. The normalized spacial score (nSPS) is 37.4. The first kappa shape index (κ1) is 14.7. The van der Waals surface area contributed by atoms with Crippen LogP contribution < -0.4 is 0 Å². The molecule has 0 bridgehead atoms. The molecular formula is C17H26F2. The van der Waals surface area contributed by atoms with Crippen LogP contribution in [0.1, 0.15) is 47.5 Å². The highest BCUT2D eigenvalue weighted by molar-refractivity contribution is 5.35. The largest absolute Gasteiger partial charge is 0.285 e. The van der Waals surface area contributed by atoms with E-state index < -0.39 is 5.92 Å². The number of halogens is 2. The second kappa shape index (κ2) is 4.71. The highest BCUT2D eigenvalue weighted by Gasteiger charge is 2.48. The zero-order valence-corrected chi connectivity index (χ0v) is 12.7. The molecule has 0 saturated heterocycles. The molecule has 1 fully saturated rings. The topological polar surface area (TPSA) is 0 Å². The Hall–Kier alpha value is -0.660. The van der Waals surface area contributed by atoms with Crippen LogP contribution in [-0.2, 0) is 0 Å². The van der Waals surface area contributed by atoms with E-state index >= 15 is 0 Å². The number of rotatable bonds is 2. The van der Waals surface area contributed by atoms with E-state index in [1.54, 1.807) is 6.08 Å². The van der Waals surface area contributed by atoms with Crippen molar-refractivity contribution in [3.05, 3.63) is 23.8 Å². The Kier molecular flexibility index (Phi) is 3.66. The SMILES string of the molecule is CC(C)C1CCC2=CC(F)(F)C=C[C@]2(C)C1C(C)C. The van der Waals surface area contributed by atoms with Gasteiger partial charge in [0.25, 0.3) is 5.92 Å². The molecule has 0 amide bonds. The summed E-state index contributed by atoms with van der Waals surface area (Å²) in [4.78, 5) is 0. The van der Waals surface area contributed by atoms with Crippen molar-refractivity contribution < 1.29 is 8.78 Å². The van der Waals surface area contributed by atoms with Crippen molar-refractivity contribution >= 4 is 0 Å². The third-order valence-corrected chi connectivity index (χ3v) is 5.19. The van der Waals surface area contributed by atoms with Gasteiger partial charge in [-0.25, -0.2) is 0 Å². The second-order valence-electron chi connectivity index (χ2n) is 7.18. The summed E-state index contributed by atoms with van der Waals surface area (Å²) in [5.41, 5.74) is 0.777. The Labute approximate surface area is 116 Å². The molecule has 0 radical (unpaired) electrons. The van der Waals surface area contributed by atoms with Crippen molar-refractivity contribution in [3.8, 4) is 0 Å². The third-order valence-electron chi connectivity index (χ3n) is 5.19. The average molecular weight is 268 g/mol. The summed E-state index contributed by atoms with van der Waals surface area (Å²) in [6.45, 7) is 11.1. The Bertz CT molecular complexity index is 403. The lowest BCUT2D eigenvalue weighted by atomic mass is 9.53. The summed E-state index contributed by atoms with van der Waals surface area (Å²) < 4.78 is 27.1. The molecule has 2 unspecified atom stereocenters. The van der Waals surface area contributed by atoms with E-state index in [2.05, 4.69) is 34.6 Å². The quantitative estimate of drug-likeness (QED) is 0.583. The lowest BCUT2D eigenvalue weighted by Crippen LogP contribution is -2.44. The lowest BCUT2D eigenvalue weighted by molar-refractivity contribution is 0.0529. The maximum absolute atomic E-state index is 13.6. The smallest absolute Gasteiger partial charge is 0.197 e. The van der Waals surface area contributed by atoms with Gasteiger partial charge in [0.15, 0.2) is 0 Å². The van der Waals surface area contributed by atoms with Crippen molar-refractivity contribution in [2.45, 2.75) is 53.4 Å². The Balaban J connectivity index is 2.43. The first-order valence-electron chi connectivity index (χ1n) is 7.48. The minimum absolute atomic E-state index is 0.178. The third kappa shape index (κ3) is 2.51. The van der Waals surface area contributed by atoms with Crippen molar-refractivity contribution in [1.82, 2.24) is 0 Å². The predicted molar refractivity (Wildman–Crippen MR) is 76.2 cm³/mol. The van der Waals surface area contributed by atoms with E-state index in [1.165, 1.54) is 6.08 Å². The molecule has 2 rings (SSSR count). The standard InChI is InChI=1S/C17H26F2/c1-11(2)14-7-6-13-10-17(18,19)9-8-16(13,5)15(14)12(3)4/h8-12,14-15H,6-7H2,1-5H3/t14?,15?,16-/m0/s1. The minimum atomic E-state index is -2.75. The van der Waals surface area contributed by atoms with Crippen molar-refractivity contribution in [2.75, 3.05) is 0 Å². The maximum atomic E-state index is 13.6. The van der Waals surface area contributed by atoms with Gasteiger partial charge < -0.3 is 0 Å². The van der Waals surface area contributed by atoms with Gasteiger partial charge >= 0.3 is 0 Å². The van der Waals surface area contributed by atoms with E-state index in [0.717, 1.165) is 24.5 Å². The van der Waals surface area contributed by atoms with E-state index in [-0.39, 0.29) is 5.41 Å². The second-order valence-corrected chi connectivity index (χ2v) is 7.18. The molecule has 0 aromatic heterocycles. The molecule has 0 nitrogen and oxygen atoms in total. The predicted octanol–water partition coefficient (Wildman–Crippen LogP) is 5.46. The summed E-state index contributed by atoms with van der Waals surface area (Å²) in [6.07, 6.45) is 5.99. The number of hydrogen-bond acceptors (Lipinski definition) is 0. The van der Waals surface area contributed by atoms with Gasteiger partial charge in [-0.05, 0) is 48.7 Å². The van der Waals surface area contributed by atoms with E-state index in [1.807, 2.05) is 0 Å². The van der Waals surface area contributed by atoms with Gasteiger partial charge in [-0.2, -0.15) is 8.78 Å². The fraction of sp³-hybridized carbons (Fsp3) is 0.765. The minimum Gasteiger partial charge on any atom is -0.197 e. The molecule has 0 spiro atoms. The summed E-state index contributed by atoms with van der Waals surface area (Å²) in [7, 11) is 0. The molecule has 0 aromatic rings. The number of allylic oxidation sites excluding steroid dienone is 4. The van der Waals surface area contributed by atoms with Crippen molar-refractivity contribution in [2.24, 2.45) is 29.1 Å². The van der Waals surface area contributed by atoms with E-state index in [4.69, 9.17) is 0 Å². The summed E-state index contributed by atoms with van der Waals surface area (Å²) >= 11 is 0. The molecule has 2 aliphatic rings. The van der Waals surface area contributed by atoms with Gasteiger partial charge in [-0.1, -0.05) is 46.3 Å². The summed E-state index contributed by atoms with van der Waals surface area (Å²) in [6, 6.07) is 0. The van der Waals surface area contributed by atoms with Crippen LogP contribution >= 0.6 is 0 Å². The van der Waals surface area contributed by atoms with Crippen LogP contribution in [0.2, 0.25) is 0 Å². The number of alkyl halides is 2. The van der Waals surface area contributed by atoms with E-state index in [9.17, 15) is 8.78 Å². The molecule has 0 aliphatic heterocycles. The van der Waals surface area contributed by atoms with Crippen LogP contribution in [0.3, 0.4) is 0 Å². The molecule has 0 N–H and O–H groups in total. The lowest BCUT2D eigenvalue weighted by Gasteiger charge is -2.51. The molecular weight excluding hydrogens is 242 g/mol. The van der Waals surface area contributed by atoms with Gasteiger partial charge in [0.1, 0.15) is 0 Å². The van der Waals surface area contributed by atoms with Gasteiger partial charge in [-0.3, -0.25) is 0 Å². The van der Waals surface area contributed by atoms with Crippen LogP contribution in [0, 0.1) is 29.1 Å². The van der Waals surface area contributed by atoms with Gasteiger partial charge in [0.2, 0.25) is 0 Å². The molecule has 2 aliphatic carbocycles. The summed E-state index contributed by atoms with van der Waals surface area (Å²) in [5, 5.41) is 0. The van der Waals surface area contributed by atoms with Gasteiger partial charge in [0, 0.05) is 5.41 Å². The zero-order chi connectivity index (χ0) is 14.4. The number of hydrogen-bond donors (Lipinski definition) is 0. The fourth-order valence-corrected chi connectivity index (χ4v) is 4.38. The van der Waals surface area contributed by atoms with Crippen LogP contribution in [0.25, 0.3) is 0 Å².